The molecule has 2 nitrogen and oxygen atoms in total. The Balaban J connectivity index is 1.89. The van der Waals surface area contributed by atoms with Crippen LogP contribution in [-0.2, 0) is 6.42 Å². The first kappa shape index (κ1) is 13.7. The normalized spacial score (nSPS) is 12.3. The van der Waals surface area contributed by atoms with Crippen LogP contribution in [0.4, 0.5) is 4.39 Å². The highest BCUT2D eigenvalue weighted by Gasteiger charge is 2.09. The first-order valence-corrected chi connectivity index (χ1v) is 6.43. The molecule has 0 aliphatic heterocycles. The Morgan fingerprint density at radius 3 is 2.53 bits per heavy atom. The van der Waals surface area contributed by atoms with Gasteiger partial charge in [-0.1, -0.05) is 42.5 Å². The highest BCUT2D eigenvalue weighted by Crippen LogP contribution is 2.13. The predicted molar refractivity (Wildman–Crippen MR) is 74.4 cm³/mol. The standard InChI is InChI=1S/C16H18FNO/c17-15-8-4-7-14(11-15)16(12-19)18-10-9-13-5-2-1-3-6-13/h1-8,11,16,18-19H,9-10,12H2/t16-/m0/s1. The van der Waals surface area contributed by atoms with Crippen LogP contribution in [0.2, 0.25) is 0 Å². The highest BCUT2D eigenvalue weighted by molar-refractivity contribution is 5.20. The molecule has 0 saturated carbocycles. The van der Waals surface area contributed by atoms with Crippen LogP contribution in [0.1, 0.15) is 17.2 Å². The average molecular weight is 259 g/mol. The molecule has 0 aliphatic carbocycles. The number of benzene rings is 2. The number of hydrogen-bond acceptors (Lipinski definition) is 2. The summed E-state index contributed by atoms with van der Waals surface area (Å²) in [5, 5.41) is 12.6. The van der Waals surface area contributed by atoms with Crippen LogP contribution in [0.5, 0.6) is 0 Å². The minimum atomic E-state index is -0.277. The molecule has 0 saturated heterocycles. The summed E-state index contributed by atoms with van der Waals surface area (Å²) in [6.07, 6.45) is 0.882. The van der Waals surface area contributed by atoms with Crippen molar-refractivity contribution >= 4 is 0 Å². The van der Waals surface area contributed by atoms with Crippen LogP contribution in [0, 0.1) is 5.82 Å². The number of rotatable bonds is 6. The van der Waals surface area contributed by atoms with E-state index in [2.05, 4.69) is 17.4 Å². The zero-order valence-corrected chi connectivity index (χ0v) is 10.7. The molecule has 2 N–H and O–H groups in total. The van der Waals surface area contributed by atoms with Crippen molar-refractivity contribution in [1.29, 1.82) is 0 Å². The van der Waals surface area contributed by atoms with E-state index in [0.29, 0.717) is 0 Å². The SMILES string of the molecule is OC[C@H](NCCc1ccccc1)c1cccc(F)c1. The zero-order chi connectivity index (χ0) is 13.5. The predicted octanol–water partition coefficient (Wildman–Crippen LogP) is 2.69. The van der Waals surface area contributed by atoms with E-state index in [1.807, 2.05) is 24.3 Å². The molecule has 0 amide bonds. The Hall–Kier alpha value is -1.71. The Morgan fingerprint density at radius 2 is 1.84 bits per heavy atom. The molecule has 19 heavy (non-hydrogen) atoms. The van der Waals surface area contributed by atoms with Gasteiger partial charge >= 0.3 is 0 Å². The third-order valence-corrected chi connectivity index (χ3v) is 3.08. The largest absolute Gasteiger partial charge is 0.394 e. The van der Waals surface area contributed by atoms with E-state index >= 15 is 0 Å². The molecule has 0 radical (unpaired) electrons. The second kappa shape index (κ2) is 7.02. The lowest BCUT2D eigenvalue weighted by molar-refractivity contribution is 0.245. The van der Waals surface area contributed by atoms with Crippen LogP contribution < -0.4 is 5.32 Å². The lowest BCUT2D eigenvalue weighted by Gasteiger charge is -2.16. The van der Waals surface area contributed by atoms with Crippen LogP contribution >= 0.6 is 0 Å². The molecule has 2 aromatic rings. The first-order valence-electron chi connectivity index (χ1n) is 6.43. The van der Waals surface area contributed by atoms with Gasteiger partial charge in [0.2, 0.25) is 0 Å². The second-order valence-electron chi connectivity index (χ2n) is 4.48. The van der Waals surface area contributed by atoms with Crippen molar-refractivity contribution in [2.75, 3.05) is 13.2 Å². The van der Waals surface area contributed by atoms with Gasteiger partial charge < -0.3 is 10.4 Å². The van der Waals surface area contributed by atoms with Crippen molar-refractivity contribution in [1.82, 2.24) is 5.32 Å². The second-order valence-corrected chi connectivity index (χ2v) is 4.48. The smallest absolute Gasteiger partial charge is 0.123 e. The maximum atomic E-state index is 13.1. The van der Waals surface area contributed by atoms with Crippen molar-refractivity contribution in [2.45, 2.75) is 12.5 Å². The minimum absolute atomic E-state index is 0.0434. The summed E-state index contributed by atoms with van der Waals surface area (Å²) in [7, 11) is 0. The first-order chi connectivity index (χ1) is 9.29. The summed E-state index contributed by atoms with van der Waals surface area (Å²) >= 11 is 0. The summed E-state index contributed by atoms with van der Waals surface area (Å²) in [6, 6.07) is 16.2. The Bertz CT molecular complexity index is 501. The summed E-state index contributed by atoms with van der Waals surface area (Å²) in [4.78, 5) is 0. The quantitative estimate of drug-likeness (QED) is 0.836. The number of aliphatic hydroxyl groups is 1. The summed E-state index contributed by atoms with van der Waals surface area (Å²) in [6.45, 7) is 0.698. The summed E-state index contributed by atoms with van der Waals surface area (Å²) in [5.41, 5.74) is 2.02. The number of nitrogens with one attached hydrogen (secondary N) is 1. The van der Waals surface area contributed by atoms with Gasteiger partial charge in [0.1, 0.15) is 5.82 Å². The maximum Gasteiger partial charge on any atom is 0.123 e. The topological polar surface area (TPSA) is 32.3 Å². The van der Waals surface area contributed by atoms with Crippen LogP contribution in [0.3, 0.4) is 0 Å². The fourth-order valence-electron chi connectivity index (χ4n) is 2.05. The highest BCUT2D eigenvalue weighted by atomic mass is 19.1. The molecule has 0 aromatic heterocycles. The van der Waals surface area contributed by atoms with E-state index in [0.717, 1.165) is 18.5 Å². The molecule has 1 atom stereocenters. The molecule has 0 spiro atoms. The van der Waals surface area contributed by atoms with E-state index < -0.39 is 0 Å². The number of aliphatic hydroxyl groups excluding tert-OH is 1. The van der Waals surface area contributed by atoms with Gasteiger partial charge in [-0.05, 0) is 36.2 Å². The molecule has 2 aromatic carbocycles. The molecular formula is C16H18FNO. The van der Waals surface area contributed by atoms with Crippen molar-refractivity contribution in [2.24, 2.45) is 0 Å². The van der Waals surface area contributed by atoms with E-state index in [1.54, 1.807) is 6.07 Å². The lowest BCUT2D eigenvalue weighted by Crippen LogP contribution is -2.26. The summed E-state index contributed by atoms with van der Waals surface area (Å²) < 4.78 is 13.1. The van der Waals surface area contributed by atoms with Gasteiger partial charge in [0.05, 0.1) is 12.6 Å². The van der Waals surface area contributed by atoms with Crippen LogP contribution in [0.15, 0.2) is 54.6 Å². The third-order valence-electron chi connectivity index (χ3n) is 3.08. The fraction of sp³-hybridized carbons (Fsp3) is 0.250. The molecule has 2 rings (SSSR count). The maximum absolute atomic E-state index is 13.1. The van der Waals surface area contributed by atoms with E-state index in [9.17, 15) is 9.50 Å². The summed E-state index contributed by atoms with van der Waals surface area (Å²) in [5.74, 6) is -0.277. The van der Waals surface area contributed by atoms with Gasteiger partial charge in [-0.15, -0.1) is 0 Å². The van der Waals surface area contributed by atoms with E-state index in [4.69, 9.17) is 0 Å². The zero-order valence-electron chi connectivity index (χ0n) is 10.7. The molecule has 0 unspecified atom stereocenters. The molecule has 0 aliphatic rings. The Morgan fingerprint density at radius 1 is 1.05 bits per heavy atom. The van der Waals surface area contributed by atoms with Gasteiger partial charge in [0.25, 0.3) is 0 Å². The molecule has 100 valence electrons. The molecule has 0 bridgehead atoms. The van der Waals surface area contributed by atoms with Gasteiger partial charge in [-0.3, -0.25) is 0 Å². The number of hydrogen-bond donors (Lipinski definition) is 2. The van der Waals surface area contributed by atoms with Crippen LogP contribution in [-0.4, -0.2) is 18.3 Å². The van der Waals surface area contributed by atoms with Gasteiger partial charge in [0, 0.05) is 0 Å². The van der Waals surface area contributed by atoms with Crippen LogP contribution in [0.25, 0.3) is 0 Å². The van der Waals surface area contributed by atoms with E-state index in [-0.39, 0.29) is 18.5 Å². The monoisotopic (exact) mass is 259 g/mol. The van der Waals surface area contributed by atoms with Crippen molar-refractivity contribution in [3.05, 3.63) is 71.5 Å². The third kappa shape index (κ3) is 4.16. The lowest BCUT2D eigenvalue weighted by atomic mass is 10.1. The molecule has 0 fully saturated rings. The number of halogens is 1. The Kier molecular flexibility index (Phi) is 5.07. The average Bonchev–Trinajstić information content (AvgIpc) is 2.45. The fourth-order valence-corrected chi connectivity index (χ4v) is 2.05. The van der Waals surface area contributed by atoms with Gasteiger partial charge in [-0.25, -0.2) is 4.39 Å². The molecule has 0 heterocycles. The van der Waals surface area contributed by atoms with E-state index in [1.165, 1.54) is 17.7 Å². The van der Waals surface area contributed by atoms with Crippen molar-refractivity contribution in [3.63, 3.8) is 0 Å². The van der Waals surface area contributed by atoms with Crippen molar-refractivity contribution < 1.29 is 9.50 Å². The molecule has 3 heteroatoms. The van der Waals surface area contributed by atoms with Gasteiger partial charge in [0.15, 0.2) is 0 Å². The molecular weight excluding hydrogens is 241 g/mol. The minimum Gasteiger partial charge on any atom is -0.394 e. The Labute approximate surface area is 112 Å². The van der Waals surface area contributed by atoms with Gasteiger partial charge in [-0.2, -0.15) is 0 Å². The van der Waals surface area contributed by atoms with Crippen molar-refractivity contribution in [3.8, 4) is 0 Å².